The van der Waals surface area contributed by atoms with E-state index in [2.05, 4.69) is 31.4 Å². The standard InChI is InChI=1S/C15H18OS2/c1-3-11(2)17-10-13(16)8-12-9-18-15-7-5-4-6-14(12)15/h4-7,9,11H,3,8,10H2,1-2H3. The number of thiophene rings is 1. The number of ketones is 1. The minimum absolute atomic E-state index is 0.337. The van der Waals surface area contributed by atoms with Crippen LogP contribution in [0.15, 0.2) is 29.6 Å². The number of carbonyl (C=O) groups is 1. The normalized spacial score (nSPS) is 12.8. The molecule has 2 aromatic rings. The monoisotopic (exact) mass is 278 g/mol. The number of Topliss-reactive ketones (excluding diaryl/α,β-unsaturated/α-hetero) is 1. The van der Waals surface area contributed by atoms with E-state index in [4.69, 9.17) is 0 Å². The fourth-order valence-corrected chi connectivity index (χ4v) is 3.56. The highest BCUT2D eigenvalue weighted by molar-refractivity contribution is 8.00. The molecule has 1 heterocycles. The summed E-state index contributed by atoms with van der Waals surface area (Å²) >= 11 is 3.49. The van der Waals surface area contributed by atoms with E-state index in [1.54, 1.807) is 23.1 Å². The van der Waals surface area contributed by atoms with E-state index in [0.717, 1.165) is 6.42 Å². The summed E-state index contributed by atoms with van der Waals surface area (Å²) in [6, 6.07) is 8.30. The van der Waals surface area contributed by atoms with Gasteiger partial charge in [0.15, 0.2) is 0 Å². The highest BCUT2D eigenvalue weighted by atomic mass is 32.2. The molecule has 1 aromatic carbocycles. The molecule has 0 fully saturated rings. The minimum atomic E-state index is 0.337. The third kappa shape index (κ3) is 3.36. The molecule has 0 radical (unpaired) electrons. The zero-order chi connectivity index (χ0) is 13.0. The minimum Gasteiger partial charge on any atom is -0.298 e. The second kappa shape index (κ2) is 6.39. The Balaban J connectivity index is 1.99. The third-order valence-corrected chi connectivity index (χ3v) is 5.46. The molecule has 0 aliphatic rings. The summed E-state index contributed by atoms with van der Waals surface area (Å²) in [6.07, 6.45) is 1.70. The average molecular weight is 278 g/mol. The van der Waals surface area contributed by atoms with Gasteiger partial charge >= 0.3 is 0 Å². The van der Waals surface area contributed by atoms with Crippen molar-refractivity contribution in [2.24, 2.45) is 0 Å². The third-order valence-electron chi connectivity index (χ3n) is 3.05. The molecule has 0 amide bonds. The average Bonchev–Trinajstić information content (AvgIpc) is 2.79. The fourth-order valence-electron chi connectivity index (χ4n) is 1.79. The number of fused-ring (bicyclic) bond motifs is 1. The Morgan fingerprint density at radius 3 is 2.94 bits per heavy atom. The van der Waals surface area contributed by atoms with Crippen LogP contribution in [0.25, 0.3) is 10.1 Å². The molecular formula is C15H18OS2. The first-order valence-corrected chi connectivity index (χ1v) is 8.22. The Morgan fingerprint density at radius 1 is 1.39 bits per heavy atom. The smallest absolute Gasteiger partial charge is 0.147 e. The van der Waals surface area contributed by atoms with Crippen molar-refractivity contribution in [2.45, 2.75) is 31.9 Å². The Labute approximate surface area is 117 Å². The SMILES string of the molecule is CCC(C)SCC(=O)Cc1csc2ccccc12. The molecule has 0 saturated heterocycles. The number of thioether (sulfide) groups is 1. The lowest BCUT2D eigenvalue weighted by atomic mass is 10.1. The van der Waals surface area contributed by atoms with Crippen LogP contribution in [0.1, 0.15) is 25.8 Å². The summed E-state index contributed by atoms with van der Waals surface area (Å²) in [5, 5.41) is 3.94. The predicted octanol–water partition coefficient (Wildman–Crippen LogP) is 4.54. The Kier molecular flexibility index (Phi) is 4.84. The first-order valence-electron chi connectivity index (χ1n) is 6.29. The highest BCUT2D eigenvalue weighted by Gasteiger charge is 2.10. The molecule has 1 atom stereocenters. The van der Waals surface area contributed by atoms with Crippen molar-refractivity contribution in [2.75, 3.05) is 5.75 Å². The molecule has 0 N–H and O–H groups in total. The molecule has 1 unspecified atom stereocenters. The zero-order valence-corrected chi connectivity index (χ0v) is 12.4. The number of carbonyl (C=O) groups excluding carboxylic acids is 1. The summed E-state index contributed by atoms with van der Waals surface area (Å²) in [4.78, 5) is 12.0. The highest BCUT2D eigenvalue weighted by Crippen LogP contribution is 2.26. The van der Waals surface area contributed by atoms with Crippen LogP contribution in [-0.4, -0.2) is 16.8 Å². The van der Waals surface area contributed by atoms with Crippen LogP contribution in [0, 0.1) is 0 Å². The predicted molar refractivity (Wildman–Crippen MR) is 82.7 cm³/mol. The van der Waals surface area contributed by atoms with Crippen LogP contribution < -0.4 is 0 Å². The molecule has 1 nitrogen and oxygen atoms in total. The maximum Gasteiger partial charge on any atom is 0.147 e. The summed E-state index contributed by atoms with van der Waals surface area (Å²) < 4.78 is 1.27. The molecule has 0 aliphatic heterocycles. The molecule has 96 valence electrons. The lowest BCUT2D eigenvalue weighted by molar-refractivity contribution is -0.115. The summed E-state index contributed by atoms with van der Waals surface area (Å²) in [7, 11) is 0. The second-order valence-corrected chi connectivity index (χ2v) is 6.84. The quantitative estimate of drug-likeness (QED) is 0.771. The van der Waals surface area contributed by atoms with Gasteiger partial charge in [-0.3, -0.25) is 4.79 Å². The molecule has 18 heavy (non-hydrogen) atoms. The van der Waals surface area contributed by atoms with Crippen LogP contribution in [0.5, 0.6) is 0 Å². The van der Waals surface area contributed by atoms with Gasteiger partial charge in [-0.05, 0) is 28.8 Å². The van der Waals surface area contributed by atoms with Crippen molar-refractivity contribution < 1.29 is 4.79 Å². The topological polar surface area (TPSA) is 17.1 Å². The van der Waals surface area contributed by atoms with Crippen molar-refractivity contribution in [1.29, 1.82) is 0 Å². The molecule has 1 aromatic heterocycles. The number of hydrogen-bond acceptors (Lipinski definition) is 3. The second-order valence-electron chi connectivity index (χ2n) is 4.50. The number of hydrogen-bond donors (Lipinski definition) is 0. The van der Waals surface area contributed by atoms with E-state index in [1.807, 2.05) is 12.1 Å². The van der Waals surface area contributed by atoms with Gasteiger partial charge in [0.05, 0.1) is 5.75 Å². The van der Waals surface area contributed by atoms with Crippen LogP contribution in [0.3, 0.4) is 0 Å². The molecule has 0 spiro atoms. The van der Waals surface area contributed by atoms with Crippen LogP contribution in [0.4, 0.5) is 0 Å². The lowest BCUT2D eigenvalue weighted by Crippen LogP contribution is -2.08. The van der Waals surface area contributed by atoms with Crippen molar-refractivity contribution >= 4 is 39.0 Å². The summed E-state index contributed by atoms with van der Waals surface area (Å²) in [5.74, 6) is 0.975. The van der Waals surface area contributed by atoms with Crippen LogP contribution in [-0.2, 0) is 11.2 Å². The Bertz CT molecular complexity index is 530. The first kappa shape index (κ1) is 13.6. The van der Waals surface area contributed by atoms with E-state index in [1.165, 1.54) is 15.6 Å². The van der Waals surface area contributed by atoms with Gasteiger partial charge in [-0.1, -0.05) is 32.0 Å². The van der Waals surface area contributed by atoms with E-state index < -0.39 is 0 Å². The van der Waals surface area contributed by atoms with Crippen molar-refractivity contribution in [1.82, 2.24) is 0 Å². The van der Waals surface area contributed by atoms with E-state index in [0.29, 0.717) is 23.2 Å². The number of benzene rings is 1. The fraction of sp³-hybridized carbons (Fsp3) is 0.400. The van der Waals surface area contributed by atoms with Gasteiger partial charge in [-0.15, -0.1) is 11.3 Å². The van der Waals surface area contributed by atoms with Gasteiger partial charge in [0.2, 0.25) is 0 Å². The molecule has 2 rings (SSSR count). The van der Waals surface area contributed by atoms with Gasteiger partial charge in [0, 0.05) is 16.4 Å². The van der Waals surface area contributed by atoms with Crippen molar-refractivity contribution in [3.63, 3.8) is 0 Å². The van der Waals surface area contributed by atoms with Gasteiger partial charge in [-0.2, -0.15) is 11.8 Å². The molecule has 0 bridgehead atoms. The molecule has 0 aliphatic carbocycles. The van der Waals surface area contributed by atoms with E-state index in [-0.39, 0.29) is 0 Å². The zero-order valence-electron chi connectivity index (χ0n) is 10.8. The van der Waals surface area contributed by atoms with Gasteiger partial charge in [0.25, 0.3) is 0 Å². The van der Waals surface area contributed by atoms with Gasteiger partial charge in [-0.25, -0.2) is 0 Å². The maximum absolute atomic E-state index is 12.0. The maximum atomic E-state index is 12.0. The van der Waals surface area contributed by atoms with E-state index in [9.17, 15) is 4.79 Å². The lowest BCUT2D eigenvalue weighted by Gasteiger charge is -2.06. The molecule has 3 heteroatoms. The number of rotatable bonds is 6. The Morgan fingerprint density at radius 2 is 2.17 bits per heavy atom. The van der Waals surface area contributed by atoms with Gasteiger partial charge in [0.1, 0.15) is 5.78 Å². The molecule has 0 saturated carbocycles. The summed E-state index contributed by atoms with van der Waals surface area (Å²) in [5.41, 5.74) is 1.19. The van der Waals surface area contributed by atoms with Gasteiger partial charge < -0.3 is 0 Å². The van der Waals surface area contributed by atoms with Crippen LogP contribution in [0.2, 0.25) is 0 Å². The first-order chi connectivity index (χ1) is 8.70. The molecular weight excluding hydrogens is 260 g/mol. The van der Waals surface area contributed by atoms with Crippen molar-refractivity contribution in [3.8, 4) is 0 Å². The van der Waals surface area contributed by atoms with Crippen LogP contribution >= 0.6 is 23.1 Å². The summed E-state index contributed by atoms with van der Waals surface area (Å²) in [6.45, 7) is 4.34. The van der Waals surface area contributed by atoms with Crippen molar-refractivity contribution in [3.05, 3.63) is 35.2 Å². The largest absolute Gasteiger partial charge is 0.298 e. The van der Waals surface area contributed by atoms with E-state index >= 15 is 0 Å². The Hall–Kier alpha value is -0.800.